The third-order valence-corrected chi connectivity index (χ3v) is 2.67. The number of halogens is 1. The average molecular weight is 242 g/mol. The maximum atomic E-state index is 8.95. The van der Waals surface area contributed by atoms with E-state index in [0.717, 1.165) is 16.9 Å². The van der Waals surface area contributed by atoms with Gasteiger partial charge < -0.3 is 4.42 Å². The summed E-state index contributed by atoms with van der Waals surface area (Å²) in [4.78, 5) is 0. The minimum Gasteiger partial charge on any atom is -0.454 e. The second kappa shape index (κ2) is 3.97. The predicted molar refractivity (Wildman–Crippen MR) is 54.1 cm³/mol. The van der Waals surface area contributed by atoms with Gasteiger partial charge in [0.05, 0.1) is 11.5 Å². The van der Waals surface area contributed by atoms with Crippen LogP contribution < -0.4 is 0 Å². The zero-order chi connectivity index (χ0) is 9.90. The lowest BCUT2D eigenvalue weighted by Crippen LogP contribution is -2.15. The average Bonchev–Trinajstić information content (AvgIpc) is 2.51. The Morgan fingerprint density at radius 1 is 1.62 bits per heavy atom. The first kappa shape index (κ1) is 10.3. The van der Waals surface area contributed by atoms with Gasteiger partial charge in [0, 0.05) is 6.42 Å². The Labute approximate surface area is 86.7 Å². The molecule has 0 bridgehead atoms. The molecule has 3 heteroatoms. The quantitative estimate of drug-likeness (QED) is 0.812. The molecule has 1 rings (SSSR count). The Balaban J connectivity index is 2.74. The van der Waals surface area contributed by atoms with Crippen molar-refractivity contribution >= 4 is 15.9 Å². The number of nitriles is 1. The maximum Gasteiger partial charge on any atom is 0.169 e. The van der Waals surface area contributed by atoms with Crippen molar-refractivity contribution in [2.45, 2.75) is 26.7 Å². The molecule has 0 spiro atoms. The minimum atomic E-state index is -0.308. The van der Waals surface area contributed by atoms with Gasteiger partial charge in [-0.25, -0.2) is 0 Å². The van der Waals surface area contributed by atoms with E-state index < -0.39 is 0 Å². The van der Waals surface area contributed by atoms with Gasteiger partial charge in [-0.1, -0.05) is 6.92 Å². The summed E-state index contributed by atoms with van der Waals surface area (Å²) in [5.74, 6) is 0.859. The Morgan fingerprint density at radius 2 is 2.31 bits per heavy atom. The van der Waals surface area contributed by atoms with E-state index in [9.17, 15) is 0 Å². The summed E-state index contributed by atoms with van der Waals surface area (Å²) < 4.78 is 6.07. The van der Waals surface area contributed by atoms with Gasteiger partial charge >= 0.3 is 0 Å². The summed E-state index contributed by atoms with van der Waals surface area (Å²) in [5, 5.41) is 8.95. The van der Waals surface area contributed by atoms with Crippen LogP contribution in [0.3, 0.4) is 0 Å². The fourth-order valence-corrected chi connectivity index (χ4v) is 1.41. The van der Waals surface area contributed by atoms with Crippen LogP contribution in [-0.4, -0.2) is 0 Å². The topological polar surface area (TPSA) is 36.9 Å². The molecule has 1 heterocycles. The van der Waals surface area contributed by atoms with E-state index in [0.29, 0.717) is 6.42 Å². The van der Waals surface area contributed by atoms with E-state index in [1.165, 1.54) is 0 Å². The highest BCUT2D eigenvalue weighted by atomic mass is 79.9. The normalized spacial score (nSPS) is 14.9. The second-order valence-electron chi connectivity index (χ2n) is 3.41. The van der Waals surface area contributed by atoms with Crippen LogP contribution >= 0.6 is 15.9 Å². The predicted octanol–water partition coefficient (Wildman–Crippen LogP) is 3.52. The van der Waals surface area contributed by atoms with Gasteiger partial charge in [0.2, 0.25) is 0 Å². The molecule has 0 aliphatic rings. The van der Waals surface area contributed by atoms with Gasteiger partial charge in [-0.3, -0.25) is 0 Å². The molecule has 0 radical (unpaired) electrons. The standard InChI is InChI=1S/C10H12BrNO/c1-3-10(2,7-12)6-8-4-5-9(11)13-8/h4-5H,3,6H2,1-2H3. The van der Waals surface area contributed by atoms with E-state index in [1.807, 2.05) is 26.0 Å². The Hall–Kier alpha value is -0.750. The van der Waals surface area contributed by atoms with Crippen molar-refractivity contribution in [3.05, 3.63) is 22.6 Å². The number of rotatable bonds is 3. The van der Waals surface area contributed by atoms with E-state index in [1.54, 1.807) is 0 Å². The van der Waals surface area contributed by atoms with Crippen LogP contribution in [-0.2, 0) is 6.42 Å². The summed E-state index contributed by atoms with van der Waals surface area (Å²) in [6.45, 7) is 3.96. The number of nitrogens with zero attached hydrogens (tertiary/aromatic N) is 1. The largest absolute Gasteiger partial charge is 0.454 e. The molecule has 0 saturated heterocycles. The van der Waals surface area contributed by atoms with Crippen molar-refractivity contribution in [2.75, 3.05) is 0 Å². The van der Waals surface area contributed by atoms with Gasteiger partial charge in [-0.2, -0.15) is 5.26 Å². The van der Waals surface area contributed by atoms with Gasteiger partial charge in [0.15, 0.2) is 4.67 Å². The van der Waals surface area contributed by atoms with Gasteiger partial charge in [0.1, 0.15) is 5.76 Å². The van der Waals surface area contributed by atoms with Gasteiger partial charge in [-0.05, 0) is 41.4 Å². The molecular formula is C10H12BrNO. The first-order valence-electron chi connectivity index (χ1n) is 4.25. The second-order valence-corrected chi connectivity index (χ2v) is 4.19. The SMILES string of the molecule is CCC(C)(C#N)Cc1ccc(Br)o1. The van der Waals surface area contributed by atoms with Crippen LogP contribution in [0.15, 0.2) is 21.2 Å². The zero-order valence-electron chi connectivity index (χ0n) is 7.80. The highest BCUT2D eigenvalue weighted by Crippen LogP contribution is 2.27. The summed E-state index contributed by atoms with van der Waals surface area (Å²) in [5.41, 5.74) is -0.308. The Morgan fingerprint density at radius 3 is 2.69 bits per heavy atom. The lowest BCUT2D eigenvalue weighted by atomic mass is 9.85. The highest BCUT2D eigenvalue weighted by Gasteiger charge is 2.23. The lowest BCUT2D eigenvalue weighted by Gasteiger charge is -2.16. The molecule has 0 aromatic carbocycles. The molecule has 0 aliphatic heterocycles. The van der Waals surface area contributed by atoms with Crippen molar-refractivity contribution < 1.29 is 4.42 Å². The molecule has 13 heavy (non-hydrogen) atoms. The first-order chi connectivity index (χ1) is 6.09. The summed E-state index contributed by atoms with van der Waals surface area (Å²) in [6, 6.07) is 6.06. The van der Waals surface area contributed by atoms with E-state index in [-0.39, 0.29) is 5.41 Å². The lowest BCUT2D eigenvalue weighted by molar-refractivity contribution is 0.368. The molecule has 1 atom stereocenters. The summed E-state index contributed by atoms with van der Waals surface area (Å²) >= 11 is 3.23. The smallest absolute Gasteiger partial charge is 0.169 e. The van der Waals surface area contributed by atoms with E-state index >= 15 is 0 Å². The van der Waals surface area contributed by atoms with Crippen LogP contribution in [0.5, 0.6) is 0 Å². The number of hydrogen-bond donors (Lipinski definition) is 0. The van der Waals surface area contributed by atoms with Crippen LogP contribution in [0.2, 0.25) is 0 Å². The third kappa shape index (κ3) is 2.60. The molecule has 0 fully saturated rings. The molecule has 0 amide bonds. The molecule has 70 valence electrons. The number of hydrogen-bond acceptors (Lipinski definition) is 2. The van der Waals surface area contributed by atoms with Crippen molar-refractivity contribution in [1.29, 1.82) is 5.26 Å². The van der Waals surface area contributed by atoms with Crippen LogP contribution in [0, 0.1) is 16.7 Å². The van der Waals surface area contributed by atoms with E-state index in [4.69, 9.17) is 9.68 Å². The van der Waals surface area contributed by atoms with Crippen LogP contribution in [0.4, 0.5) is 0 Å². The summed E-state index contributed by atoms with van der Waals surface area (Å²) in [7, 11) is 0. The minimum absolute atomic E-state index is 0.308. The molecule has 1 aromatic heterocycles. The number of furan rings is 1. The monoisotopic (exact) mass is 241 g/mol. The molecule has 1 aromatic rings. The van der Waals surface area contributed by atoms with E-state index in [2.05, 4.69) is 22.0 Å². The van der Waals surface area contributed by atoms with Crippen molar-refractivity contribution in [2.24, 2.45) is 5.41 Å². The maximum absolute atomic E-state index is 8.95. The molecule has 1 unspecified atom stereocenters. The first-order valence-corrected chi connectivity index (χ1v) is 5.04. The molecule has 0 aliphatic carbocycles. The van der Waals surface area contributed by atoms with Crippen molar-refractivity contribution in [1.82, 2.24) is 0 Å². The molecular weight excluding hydrogens is 230 g/mol. The van der Waals surface area contributed by atoms with Crippen LogP contribution in [0.25, 0.3) is 0 Å². The summed E-state index contributed by atoms with van der Waals surface area (Å²) in [6.07, 6.45) is 1.51. The van der Waals surface area contributed by atoms with Crippen molar-refractivity contribution in [3.63, 3.8) is 0 Å². The fourth-order valence-electron chi connectivity index (χ4n) is 1.07. The molecule has 2 nitrogen and oxygen atoms in total. The zero-order valence-corrected chi connectivity index (χ0v) is 9.39. The van der Waals surface area contributed by atoms with Crippen LogP contribution in [0.1, 0.15) is 26.0 Å². The molecule has 0 saturated carbocycles. The Kier molecular flexibility index (Phi) is 3.16. The van der Waals surface area contributed by atoms with Gasteiger partial charge in [0.25, 0.3) is 0 Å². The highest BCUT2D eigenvalue weighted by molar-refractivity contribution is 9.10. The van der Waals surface area contributed by atoms with Crippen molar-refractivity contribution in [3.8, 4) is 6.07 Å². The third-order valence-electron chi connectivity index (χ3n) is 2.24. The fraction of sp³-hybridized carbons (Fsp3) is 0.500. The molecule has 0 N–H and O–H groups in total. The Bertz CT molecular complexity index is 326. The van der Waals surface area contributed by atoms with Gasteiger partial charge in [-0.15, -0.1) is 0 Å².